The lowest BCUT2D eigenvalue weighted by atomic mass is 9.66. The Balaban J connectivity index is 1.23. The molecule has 6 aromatic carbocycles. The summed E-state index contributed by atoms with van der Waals surface area (Å²) < 4.78 is 6.45. The summed E-state index contributed by atoms with van der Waals surface area (Å²) in [5.74, 6) is 2.54. The van der Waals surface area contributed by atoms with Crippen LogP contribution in [-0.2, 0) is 12.0 Å². The van der Waals surface area contributed by atoms with Crippen LogP contribution in [-0.4, -0.2) is 5.84 Å². The molecule has 0 radical (unpaired) electrons. The Morgan fingerprint density at radius 2 is 1.18 bits per heavy atom. The molecule has 8 rings (SSSR count). The number of benzene rings is 6. The first-order chi connectivity index (χ1) is 21.7. The second kappa shape index (κ2) is 10.7. The predicted octanol–water partition coefficient (Wildman–Crippen LogP) is 8.35. The van der Waals surface area contributed by atoms with Crippen molar-refractivity contribution >= 4 is 5.84 Å². The van der Waals surface area contributed by atoms with Crippen molar-refractivity contribution < 1.29 is 4.74 Å². The molecule has 0 amide bonds. The number of aliphatic imine (C=N–C) groups is 1. The van der Waals surface area contributed by atoms with Crippen LogP contribution in [0.15, 0.2) is 157 Å². The average molecular weight is 570 g/mol. The minimum atomic E-state index is -0.486. The Hall–Kier alpha value is -5.45. The van der Waals surface area contributed by atoms with E-state index in [-0.39, 0.29) is 0 Å². The number of rotatable bonds is 5. The molecule has 3 N–H and O–H groups in total. The molecule has 1 aliphatic carbocycles. The molecule has 212 valence electrons. The van der Waals surface area contributed by atoms with E-state index < -0.39 is 11.6 Å². The van der Waals surface area contributed by atoms with Gasteiger partial charge in [0, 0.05) is 16.7 Å². The highest BCUT2D eigenvalue weighted by molar-refractivity contribution is 5.99. The maximum atomic E-state index is 6.93. The molecule has 2 aliphatic rings. The van der Waals surface area contributed by atoms with Crippen LogP contribution >= 0.6 is 0 Å². The normalized spacial score (nSPS) is 14.5. The van der Waals surface area contributed by atoms with Crippen LogP contribution in [0.4, 0.5) is 0 Å². The van der Waals surface area contributed by atoms with Gasteiger partial charge in [0.2, 0.25) is 0 Å². The topological polar surface area (TPSA) is 59.6 Å². The van der Waals surface area contributed by atoms with Gasteiger partial charge >= 0.3 is 0 Å². The van der Waals surface area contributed by atoms with Crippen LogP contribution in [0, 0.1) is 0 Å². The largest absolute Gasteiger partial charge is 0.457 e. The Labute approximate surface area is 257 Å². The van der Waals surface area contributed by atoms with Crippen molar-refractivity contribution in [1.82, 2.24) is 5.32 Å². The number of amidine groups is 1. The number of para-hydroxylation sites is 2. The fraction of sp³-hybridized carbons (Fsp3) is 0.0750. The fourth-order valence-electron chi connectivity index (χ4n) is 6.87. The summed E-state index contributed by atoms with van der Waals surface area (Å²) in [6, 6.07) is 52.7. The maximum absolute atomic E-state index is 6.93. The van der Waals surface area contributed by atoms with Crippen LogP contribution in [0.25, 0.3) is 11.1 Å². The molecule has 1 heterocycles. The third-order valence-electron chi connectivity index (χ3n) is 8.83. The van der Waals surface area contributed by atoms with Crippen molar-refractivity contribution in [3.8, 4) is 22.6 Å². The molecule has 44 heavy (non-hydrogen) atoms. The van der Waals surface area contributed by atoms with Gasteiger partial charge in [-0.3, -0.25) is 4.99 Å². The number of nitrogens with two attached hydrogens (primary N) is 1. The standard InChI is InChI=1S/C40H31N3O/c41-38(43-39(28-15-5-2-6-16-28)42-26-27-13-3-1-4-14-27)29-23-24-33-31(25-29)30-17-7-8-18-32(30)40(33)34-19-9-11-21-36(34)44-37-22-12-10-20-35(37)40/h1-25,38H,26,41H2,(H,42,43). The molecule has 0 fully saturated rings. The summed E-state index contributed by atoms with van der Waals surface area (Å²) in [7, 11) is 0. The minimum absolute atomic E-state index is 0.465. The van der Waals surface area contributed by atoms with Crippen LogP contribution in [0.2, 0.25) is 0 Å². The fourth-order valence-corrected chi connectivity index (χ4v) is 6.87. The van der Waals surface area contributed by atoms with E-state index in [4.69, 9.17) is 15.5 Å². The van der Waals surface area contributed by atoms with Crippen molar-refractivity contribution in [2.24, 2.45) is 10.7 Å². The third kappa shape index (κ3) is 4.15. The van der Waals surface area contributed by atoms with E-state index in [1.807, 2.05) is 48.5 Å². The zero-order valence-corrected chi connectivity index (χ0v) is 24.2. The molecule has 0 aromatic heterocycles. The van der Waals surface area contributed by atoms with E-state index in [1.54, 1.807) is 0 Å². The smallest absolute Gasteiger partial charge is 0.132 e. The Kier molecular flexibility index (Phi) is 6.36. The quantitative estimate of drug-likeness (QED) is 0.124. The second-order valence-corrected chi connectivity index (χ2v) is 11.3. The van der Waals surface area contributed by atoms with Crippen molar-refractivity contribution in [1.29, 1.82) is 0 Å². The summed E-state index contributed by atoms with van der Waals surface area (Å²) in [4.78, 5) is 4.97. The molecule has 0 saturated carbocycles. The number of nitrogens with one attached hydrogen (secondary N) is 1. The number of ether oxygens (including phenoxy) is 1. The van der Waals surface area contributed by atoms with E-state index in [0.717, 1.165) is 45.2 Å². The molecular formula is C40H31N3O. The zero-order chi connectivity index (χ0) is 29.5. The number of nitrogens with zero attached hydrogens (tertiary/aromatic N) is 1. The number of hydrogen-bond donors (Lipinski definition) is 2. The van der Waals surface area contributed by atoms with Crippen LogP contribution in [0.5, 0.6) is 11.5 Å². The molecule has 6 aromatic rings. The first-order valence-electron chi connectivity index (χ1n) is 15.0. The van der Waals surface area contributed by atoms with Crippen molar-refractivity contribution in [3.63, 3.8) is 0 Å². The minimum Gasteiger partial charge on any atom is -0.457 e. The molecule has 1 spiro atoms. The van der Waals surface area contributed by atoms with Gasteiger partial charge in [0.15, 0.2) is 0 Å². The Morgan fingerprint density at radius 1 is 0.614 bits per heavy atom. The molecule has 0 saturated heterocycles. The predicted molar refractivity (Wildman–Crippen MR) is 177 cm³/mol. The molecule has 1 atom stereocenters. The van der Waals surface area contributed by atoms with Crippen LogP contribution < -0.4 is 15.8 Å². The second-order valence-electron chi connectivity index (χ2n) is 11.3. The zero-order valence-electron chi connectivity index (χ0n) is 24.2. The average Bonchev–Trinajstić information content (AvgIpc) is 3.38. The molecule has 4 nitrogen and oxygen atoms in total. The van der Waals surface area contributed by atoms with Crippen LogP contribution in [0.3, 0.4) is 0 Å². The van der Waals surface area contributed by atoms with E-state index in [9.17, 15) is 0 Å². The van der Waals surface area contributed by atoms with E-state index in [1.165, 1.54) is 22.3 Å². The monoisotopic (exact) mass is 569 g/mol. The summed E-state index contributed by atoms with van der Waals surface area (Å²) >= 11 is 0. The number of hydrogen-bond acceptors (Lipinski definition) is 3. The summed E-state index contributed by atoms with van der Waals surface area (Å²) in [5, 5.41) is 3.55. The highest BCUT2D eigenvalue weighted by Gasteiger charge is 2.50. The van der Waals surface area contributed by atoms with Gasteiger partial charge < -0.3 is 15.8 Å². The lowest BCUT2D eigenvalue weighted by Crippen LogP contribution is -2.35. The Morgan fingerprint density at radius 3 is 1.89 bits per heavy atom. The van der Waals surface area contributed by atoms with Gasteiger partial charge in [-0.1, -0.05) is 133 Å². The van der Waals surface area contributed by atoms with Gasteiger partial charge in [0.1, 0.15) is 23.5 Å². The first-order valence-corrected chi connectivity index (χ1v) is 15.0. The summed E-state index contributed by atoms with van der Waals surface area (Å²) in [6.07, 6.45) is -0.465. The lowest BCUT2D eigenvalue weighted by Gasteiger charge is -2.39. The molecule has 1 aliphatic heterocycles. The first kappa shape index (κ1) is 26.2. The van der Waals surface area contributed by atoms with Gasteiger partial charge in [-0.05, 0) is 51.6 Å². The summed E-state index contributed by atoms with van der Waals surface area (Å²) in [6.45, 7) is 0.561. The van der Waals surface area contributed by atoms with Gasteiger partial charge in [-0.25, -0.2) is 0 Å². The SMILES string of the molecule is NC(NC(=NCc1ccccc1)c1ccccc1)c1ccc2c(c1)-c1ccccc1C21c2ccccc2Oc2ccccc21. The maximum Gasteiger partial charge on any atom is 0.132 e. The highest BCUT2D eigenvalue weighted by Crippen LogP contribution is 2.62. The van der Waals surface area contributed by atoms with Gasteiger partial charge in [-0.15, -0.1) is 0 Å². The van der Waals surface area contributed by atoms with Gasteiger partial charge in [0.05, 0.1) is 12.0 Å². The van der Waals surface area contributed by atoms with Gasteiger partial charge in [-0.2, -0.15) is 0 Å². The van der Waals surface area contributed by atoms with Crippen molar-refractivity contribution in [3.05, 3.63) is 191 Å². The number of fused-ring (bicyclic) bond motifs is 9. The molecule has 0 bridgehead atoms. The third-order valence-corrected chi connectivity index (χ3v) is 8.83. The Bertz CT molecular complexity index is 1970. The van der Waals surface area contributed by atoms with E-state index >= 15 is 0 Å². The molecule has 4 heteroatoms. The summed E-state index contributed by atoms with van der Waals surface area (Å²) in [5.41, 5.74) is 16.8. The van der Waals surface area contributed by atoms with Crippen molar-refractivity contribution in [2.45, 2.75) is 18.1 Å². The van der Waals surface area contributed by atoms with Gasteiger partial charge in [0.25, 0.3) is 0 Å². The van der Waals surface area contributed by atoms with Crippen molar-refractivity contribution in [2.75, 3.05) is 0 Å². The molecular weight excluding hydrogens is 538 g/mol. The van der Waals surface area contributed by atoms with E-state index in [2.05, 4.69) is 108 Å². The lowest BCUT2D eigenvalue weighted by molar-refractivity contribution is 0.436. The van der Waals surface area contributed by atoms with E-state index in [0.29, 0.717) is 6.54 Å². The molecule has 1 unspecified atom stereocenters. The van der Waals surface area contributed by atoms with Crippen LogP contribution in [0.1, 0.15) is 45.1 Å². The highest BCUT2D eigenvalue weighted by atomic mass is 16.5.